The van der Waals surface area contributed by atoms with Crippen LogP contribution in [0, 0.1) is 11.3 Å². The normalized spacial score (nSPS) is 34.1. The van der Waals surface area contributed by atoms with Gasteiger partial charge in [0.1, 0.15) is 0 Å². The number of β-amino-alcohol motifs (C(OH)–C–C–N with tert-alkyl or cyclic N) is 1. The minimum absolute atomic E-state index is 0.152. The summed E-state index contributed by atoms with van der Waals surface area (Å²) in [6.07, 6.45) is 4.83. The van der Waals surface area contributed by atoms with Gasteiger partial charge in [-0.1, -0.05) is 20.3 Å². The molecule has 2 rings (SSSR count). The number of amides is 1. The van der Waals surface area contributed by atoms with E-state index >= 15 is 0 Å². The summed E-state index contributed by atoms with van der Waals surface area (Å²) in [6, 6.07) is 0. The van der Waals surface area contributed by atoms with Crippen LogP contribution in [0.4, 0.5) is 0 Å². The van der Waals surface area contributed by atoms with Crippen LogP contribution in [0.2, 0.25) is 0 Å². The molecule has 0 aromatic heterocycles. The summed E-state index contributed by atoms with van der Waals surface area (Å²) in [4.78, 5) is 14.3. The summed E-state index contributed by atoms with van der Waals surface area (Å²) >= 11 is 0. The first-order valence-electron chi connectivity index (χ1n) is 6.47. The lowest BCUT2D eigenvalue weighted by molar-refractivity contribution is -0.141. The van der Waals surface area contributed by atoms with Gasteiger partial charge in [0.05, 0.1) is 6.10 Å². The number of carbonyl (C=O) groups is 1. The molecule has 1 saturated carbocycles. The molecule has 3 heteroatoms. The quantitative estimate of drug-likeness (QED) is 0.739. The second kappa shape index (κ2) is 4.36. The molecule has 92 valence electrons. The van der Waals surface area contributed by atoms with Crippen LogP contribution in [0.1, 0.15) is 46.0 Å². The first kappa shape index (κ1) is 11.9. The zero-order valence-electron chi connectivity index (χ0n) is 10.4. The maximum atomic E-state index is 12.4. The maximum absolute atomic E-state index is 12.4. The molecule has 2 atom stereocenters. The van der Waals surface area contributed by atoms with Gasteiger partial charge in [-0.25, -0.2) is 0 Å². The number of rotatable bonds is 1. The van der Waals surface area contributed by atoms with Crippen LogP contribution in [-0.4, -0.2) is 35.1 Å². The highest BCUT2D eigenvalue weighted by Gasteiger charge is 2.41. The fourth-order valence-corrected chi connectivity index (χ4v) is 3.16. The van der Waals surface area contributed by atoms with Gasteiger partial charge in [-0.15, -0.1) is 0 Å². The van der Waals surface area contributed by atoms with Crippen molar-refractivity contribution in [3.8, 4) is 0 Å². The molecule has 0 aromatic rings. The Kier molecular flexibility index (Phi) is 3.24. The molecule has 1 heterocycles. The monoisotopic (exact) mass is 225 g/mol. The molecular formula is C13H23NO2. The molecule has 2 fully saturated rings. The second-order valence-corrected chi connectivity index (χ2v) is 6.01. The summed E-state index contributed by atoms with van der Waals surface area (Å²) in [5.74, 6) is 0.457. The highest BCUT2D eigenvalue weighted by atomic mass is 16.3. The van der Waals surface area contributed by atoms with E-state index in [-0.39, 0.29) is 23.3 Å². The molecule has 0 bridgehead atoms. The lowest BCUT2D eigenvalue weighted by Crippen LogP contribution is -2.46. The van der Waals surface area contributed by atoms with Crippen molar-refractivity contribution >= 4 is 5.91 Å². The van der Waals surface area contributed by atoms with Crippen molar-refractivity contribution in [3.63, 3.8) is 0 Å². The molecule has 1 N–H and O–H groups in total. The van der Waals surface area contributed by atoms with Gasteiger partial charge in [-0.3, -0.25) is 4.79 Å². The van der Waals surface area contributed by atoms with E-state index in [4.69, 9.17) is 0 Å². The number of hydrogen-bond acceptors (Lipinski definition) is 2. The van der Waals surface area contributed by atoms with Crippen molar-refractivity contribution in [2.45, 2.75) is 52.1 Å². The Morgan fingerprint density at radius 2 is 2.06 bits per heavy atom. The van der Waals surface area contributed by atoms with Crippen LogP contribution in [-0.2, 0) is 4.79 Å². The summed E-state index contributed by atoms with van der Waals surface area (Å²) in [6.45, 7) is 5.78. The Morgan fingerprint density at radius 3 is 2.62 bits per heavy atom. The molecule has 0 aromatic carbocycles. The number of aliphatic hydroxyl groups is 1. The highest BCUT2D eigenvalue weighted by molar-refractivity contribution is 5.80. The predicted octanol–water partition coefficient (Wildman–Crippen LogP) is 1.80. The minimum atomic E-state index is -0.304. The van der Waals surface area contributed by atoms with Crippen molar-refractivity contribution in [3.05, 3.63) is 0 Å². The lowest BCUT2D eigenvalue weighted by atomic mass is 9.81. The van der Waals surface area contributed by atoms with E-state index in [1.165, 1.54) is 6.42 Å². The number of likely N-dealkylation sites (tertiary alicyclic amines) is 1. The number of piperidine rings is 1. The van der Waals surface area contributed by atoms with Crippen LogP contribution >= 0.6 is 0 Å². The van der Waals surface area contributed by atoms with E-state index in [0.29, 0.717) is 6.54 Å². The van der Waals surface area contributed by atoms with Gasteiger partial charge in [0.15, 0.2) is 0 Å². The molecule has 1 aliphatic heterocycles. The third kappa shape index (κ3) is 2.24. The van der Waals surface area contributed by atoms with Crippen LogP contribution < -0.4 is 0 Å². The molecule has 2 aliphatic rings. The molecule has 16 heavy (non-hydrogen) atoms. The zero-order chi connectivity index (χ0) is 11.8. The standard InChI is InChI=1S/C13H23NO2/c1-13(2)7-3-6-11(13)12(16)14-8-4-5-10(15)9-14/h10-11,15H,3-9H2,1-2H3/t10-,11?/m0/s1. The Hall–Kier alpha value is -0.570. The minimum Gasteiger partial charge on any atom is -0.391 e. The van der Waals surface area contributed by atoms with Gasteiger partial charge in [0.25, 0.3) is 0 Å². The van der Waals surface area contributed by atoms with E-state index in [1.807, 2.05) is 4.90 Å². The predicted molar refractivity (Wildman–Crippen MR) is 62.9 cm³/mol. The molecule has 0 radical (unpaired) electrons. The molecule has 1 aliphatic carbocycles. The fourth-order valence-electron chi connectivity index (χ4n) is 3.16. The smallest absolute Gasteiger partial charge is 0.226 e. The van der Waals surface area contributed by atoms with E-state index < -0.39 is 0 Å². The molecule has 0 spiro atoms. The highest BCUT2D eigenvalue weighted by Crippen LogP contribution is 2.43. The topological polar surface area (TPSA) is 40.5 Å². The van der Waals surface area contributed by atoms with Crippen molar-refractivity contribution in [2.24, 2.45) is 11.3 Å². The number of nitrogens with zero attached hydrogens (tertiary/aromatic N) is 1. The number of aliphatic hydroxyl groups excluding tert-OH is 1. The van der Waals surface area contributed by atoms with Crippen LogP contribution in [0.3, 0.4) is 0 Å². The van der Waals surface area contributed by atoms with Gasteiger partial charge in [-0.05, 0) is 31.1 Å². The Balaban J connectivity index is 2.01. The third-order valence-corrected chi connectivity index (χ3v) is 4.26. The van der Waals surface area contributed by atoms with E-state index in [0.717, 1.165) is 32.2 Å². The van der Waals surface area contributed by atoms with Crippen molar-refractivity contribution < 1.29 is 9.90 Å². The largest absolute Gasteiger partial charge is 0.391 e. The summed E-state index contributed by atoms with van der Waals surface area (Å²) in [5, 5.41) is 9.61. The van der Waals surface area contributed by atoms with E-state index in [9.17, 15) is 9.90 Å². The molecule has 1 amide bonds. The molecule has 3 nitrogen and oxygen atoms in total. The molecular weight excluding hydrogens is 202 g/mol. The van der Waals surface area contributed by atoms with Crippen molar-refractivity contribution in [1.29, 1.82) is 0 Å². The summed E-state index contributed by atoms with van der Waals surface area (Å²) < 4.78 is 0. The fraction of sp³-hybridized carbons (Fsp3) is 0.923. The van der Waals surface area contributed by atoms with Gasteiger partial charge in [-0.2, -0.15) is 0 Å². The summed E-state index contributed by atoms with van der Waals surface area (Å²) in [5.41, 5.74) is 0.152. The molecule has 1 unspecified atom stereocenters. The van der Waals surface area contributed by atoms with Crippen LogP contribution in [0.25, 0.3) is 0 Å². The SMILES string of the molecule is CC1(C)CCCC1C(=O)N1CCC[C@H](O)C1. The lowest BCUT2D eigenvalue weighted by Gasteiger charge is -2.35. The average molecular weight is 225 g/mol. The first-order chi connectivity index (χ1) is 7.50. The Bertz CT molecular complexity index is 275. The Morgan fingerprint density at radius 1 is 1.31 bits per heavy atom. The van der Waals surface area contributed by atoms with Crippen LogP contribution in [0.5, 0.6) is 0 Å². The van der Waals surface area contributed by atoms with Gasteiger partial charge >= 0.3 is 0 Å². The first-order valence-corrected chi connectivity index (χ1v) is 6.47. The van der Waals surface area contributed by atoms with E-state index in [2.05, 4.69) is 13.8 Å². The van der Waals surface area contributed by atoms with Gasteiger partial charge in [0, 0.05) is 19.0 Å². The Labute approximate surface area is 97.8 Å². The van der Waals surface area contributed by atoms with Crippen molar-refractivity contribution in [2.75, 3.05) is 13.1 Å². The third-order valence-electron chi connectivity index (χ3n) is 4.26. The van der Waals surface area contributed by atoms with E-state index in [1.54, 1.807) is 0 Å². The second-order valence-electron chi connectivity index (χ2n) is 6.01. The van der Waals surface area contributed by atoms with Crippen molar-refractivity contribution in [1.82, 2.24) is 4.90 Å². The maximum Gasteiger partial charge on any atom is 0.226 e. The van der Waals surface area contributed by atoms with Crippen LogP contribution in [0.15, 0.2) is 0 Å². The number of carbonyl (C=O) groups excluding carboxylic acids is 1. The van der Waals surface area contributed by atoms with Gasteiger partial charge < -0.3 is 10.0 Å². The number of hydrogen-bond donors (Lipinski definition) is 1. The zero-order valence-corrected chi connectivity index (χ0v) is 10.4. The van der Waals surface area contributed by atoms with Gasteiger partial charge in [0.2, 0.25) is 5.91 Å². The molecule has 1 saturated heterocycles. The summed E-state index contributed by atoms with van der Waals surface area (Å²) in [7, 11) is 0. The average Bonchev–Trinajstić information content (AvgIpc) is 2.57.